The van der Waals surface area contributed by atoms with E-state index in [0.29, 0.717) is 0 Å². The van der Waals surface area contributed by atoms with E-state index in [1.165, 1.54) is 16.7 Å². The van der Waals surface area contributed by atoms with Crippen molar-refractivity contribution in [1.82, 2.24) is 0 Å². The number of hydrogen-bond donors (Lipinski definition) is 0. The van der Waals surface area contributed by atoms with Gasteiger partial charge in [-0.3, -0.25) is 0 Å². The highest BCUT2D eigenvalue weighted by atomic mass is 79.9. The molecule has 0 aliphatic carbocycles. The van der Waals surface area contributed by atoms with Crippen LogP contribution in [0, 0.1) is 0 Å². The highest BCUT2D eigenvalue weighted by molar-refractivity contribution is 9.09. The molecule has 0 bridgehead atoms. The lowest BCUT2D eigenvalue weighted by Gasteiger charge is -2.10. The average molecular weight is 289 g/mol. The van der Waals surface area contributed by atoms with Gasteiger partial charge in [0.05, 0.1) is 0 Å². The third-order valence-corrected chi connectivity index (χ3v) is 3.37. The molecule has 1 aromatic carbocycles. The fraction of sp³-hybridized carbons (Fsp3) is 0.125. The normalized spacial score (nSPS) is 12.4. The van der Waals surface area contributed by atoms with Crippen LogP contribution in [0.3, 0.4) is 0 Å². The van der Waals surface area contributed by atoms with Crippen molar-refractivity contribution in [3.8, 4) is 0 Å². The van der Waals surface area contributed by atoms with Crippen LogP contribution in [0.5, 0.6) is 0 Å². The van der Waals surface area contributed by atoms with Crippen molar-refractivity contribution in [2.24, 2.45) is 0 Å². The van der Waals surface area contributed by atoms with Gasteiger partial charge < -0.3 is 0 Å². The van der Waals surface area contributed by atoms with Gasteiger partial charge in [0, 0.05) is 5.33 Å². The first-order valence-electron chi connectivity index (χ1n) is 5.51. The van der Waals surface area contributed by atoms with Crippen molar-refractivity contribution < 1.29 is 0 Å². The van der Waals surface area contributed by atoms with Crippen molar-refractivity contribution in [3.63, 3.8) is 0 Å². The molecule has 0 amide bonds. The molecule has 0 heterocycles. The third kappa shape index (κ3) is 3.57. The van der Waals surface area contributed by atoms with Crippen LogP contribution >= 0.6 is 15.9 Å². The van der Waals surface area contributed by atoms with Gasteiger partial charge in [0.2, 0.25) is 0 Å². The Morgan fingerprint density at radius 3 is 2.59 bits per heavy atom. The number of hydrogen-bond acceptors (Lipinski definition) is 0. The molecule has 0 spiro atoms. The van der Waals surface area contributed by atoms with Crippen molar-refractivity contribution in [3.05, 3.63) is 72.4 Å². The predicted octanol–water partition coefficient (Wildman–Crippen LogP) is 5.24. The van der Waals surface area contributed by atoms with Crippen LogP contribution in [0.25, 0.3) is 11.6 Å². The Balaban J connectivity index is 3.37. The van der Waals surface area contributed by atoms with E-state index in [1.807, 2.05) is 24.3 Å². The summed E-state index contributed by atoms with van der Waals surface area (Å²) in [6.07, 6.45) is 7.73. The summed E-state index contributed by atoms with van der Waals surface area (Å²) in [6.45, 7) is 9.70. The summed E-state index contributed by atoms with van der Waals surface area (Å²) in [5, 5.41) is 0.856. The molecule has 0 aliphatic heterocycles. The second-order valence-electron chi connectivity index (χ2n) is 3.71. The molecule has 0 aliphatic rings. The maximum Gasteiger partial charge on any atom is 0.0248 e. The maximum atomic E-state index is 3.86. The van der Waals surface area contributed by atoms with Crippen LogP contribution in [0.1, 0.15) is 18.1 Å². The zero-order chi connectivity index (χ0) is 12.7. The topological polar surface area (TPSA) is 0 Å². The molecule has 0 fully saturated rings. The minimum Gasteiger partial charge on any atom is -0.0991 e. The molecule has 0 nitrogen and oxygen atoms in total. The summed E-state index contributed by atoms with van der Waals surface area (Å²) in [5.74, 6) is 0. The molecule has 0 radical (unpaired) electrons. The Bertz CT molecular complexity index is 464. The molecule has 17 heavy (non-hydrogen) atoms. The zero-order valence-corrected chi connectivity index (χ0v) is 11.7. The smallest absolute Gasteiger partial charge is 0.0248 e. The molecular weight excluding hydrogens is 272 g/mol. The quantitative estimate of drug-likeness (QED) is 0.513. The Labute approximate surface area is 112 Å². The molecule has 1 heteroatoms. The number of rotatable bonds is 5. The van der Waals surface area contributed by atoms with Gasteiger partial charge in [-0.05, 0) is 23.6 Å². The van der Waals surface area contributed by atoms with E-state index >= 15 is 0 Å². The largest absolute Gasteiger partial charge is 0.0991 e. The molecule has 0 atom stereocenters. The van der Waals surface area contributed by atoms with Crippen LogP contribution < -0.4 is 0 Å². The average Bonchev–Trinajstić information content (AvgIpc) is 2.39. The van der Waals surface area contributed by atoms with Gasteiger partial charge >= 0.3 is 0 Å². The first-order chi connectivity index (χ1) is 8.24. The van der Waals surface area contributed by atoms with Gasteiger partial charge in [-0.1, -0.05) is 83.2 Å². The van der Waals surface area contributed by atoms with E-state index in [0.717, 1.165) is 10.9 Å². The van der Waals surface area contributed by atoms with Gasteiger partial charge in [0.1, 0.15) is 0 Å². The van der Waals surface area contributed by atoms with Crippen molar-refractivity contribution >= 4 is 27.6 Å². The van der Waals surface area contributed by atoms with Crippen LogP contribution in [-0.2, 0) is 0 Å². The second kappa shape index (κ2) is 7.08. The lowest BCUT2D eigenvalue weighted by atomic mass is 9.96. The van der Waals surface area contributed by atoms with Gasteiger partial charge in [0.25, 0.3) is 0 Å². The molecule has 0 unspecified atom stereocenters. The molecule has 1 rings (SSSR count). The predicted molar refractivity (Wildman–Crippen MR) is 82.3 cm³/mol. The Kier molecular flexibility index (Phi) is 5.71. The Morgan fingerprint density at radius 2 is 2.00 bits per heavy atom. The molecular formula is C16H17Br. The molecule has 0 aromatic heterocycles. The van der Waals surface area contributed by atoms with Crippen LogP contribution in [0.15, 0.2) is 61.2 Å². The van der Waals surface area contributed by atoms with E-state index in [2.05, 4.69) is 54.2 Å². The van der Waals surface area contributed by atoms with E-state index in [4.69, 9.17) is 0 Å². The number of halogens is 1. The summed E-state index contributed by atoms with van der Waals surface area (Å²) in [5.41, 5.74) is 4.86. The minimum atomic E-state index is 0.856. The number of alkyl halides is 1. The van der Waals surface area contributed by atoms with E-state index in [-0.39, 0.29) is 0 Å². The van der Waals surface area contributed by atoms with Gasteiger partial charge in [-0.25, -0.2) is 0 Å². The van der Waals surface area contributed by atoms with E-state index in [9.17, 15) is 0 Å². The minimum absolute atomic E-state index is 0.856. The molecule has 0 N–H and O–H groups in total. The molecule has 0 saturated carbocycles. The highest BCUT2D eigenvalue weighted by Gasteiger charge is 2.05. The lowest BCUT2D eigenvalue weighted by Crippen LogP contribution is -1.91. The summed E-state index contributed by atoms with van der Waals surface area (Å²) in [6, 6.07) is 8.27. The van der Waals surface area contributed by atoms with Crippen molar-refractivity contribution in [2.45, 2.75) is 6.92 Å². The van der Waals surface area contributed by atoms with Crippen LogP contribution in [0.4, 0.5) is 0 Å². The second-order valence-corrected chi connectivity index (χ2v) is 4.27. The number of allylic oxidation sites excluding steroid dienone is 5. The van der Waals surface area contributed by atoms with E-state index in [1.54, 1.807) is 6.08 Å². The Morgan fingerprint density at radius 1 is 1.29 bits per heavy atom. The van der Waals surface area contributed by atoms with Gasteiger partial charge in [0.15, 0.2) is 0 Å². The maximum absolute atomic E-state index is 3.86. The summed E-state index contributed by atoms with van der Waals surface area (Å²) in [7, 11) is 0. The zero-order valence-electron chi connectivity index (χ0n) is 10.1. The first-order valence-corrected chi connectivity index (χ1v) is 6.63. The molecule has 1 aromatic rings. The Hall–Kier alpha value is -1.34. The SMILES string of the molecule is C=C/C=C\C(=C(/C)CBr)c1ccccc1C=C. The monoisotopic (exact) mass is 288 g/mol. The standard InChI is InChI=1S/C16H17Br/c1-4-6-10-15(13(3)12-17)16-11-8-7-9-14(16)5-2/h4-11H,1-2,12H2,3H3/b10-6-,15-13-. The molecule has 0 saturated heterocycles. The lowest BCUT2D eigenvalue weighted by molar-refractivity contribution is 1.41. The number of benzene rings is 1. The fourth-order valence-electron chi connectivity index (χ4n) is 1.62. The van der Waals surface area contributed by atoms with Crippen LogP contribution in [0.2, 0.25) is 0 Å². The van der Waals surface area contributed by atoms with Crippen LogP contribution in [-0.4, -0.2) is 5.33 Å². The van der Waals surface area contributed by atoms with Gasteiger partial charge in [-0.15, -0.1) is 0 Å². The molecule has 88 valence electrons. The fourth-order valence-corrected chi connectivity index (χ4v) is 1.92. The summed E-state index contributed by atoms with van der Waals surface area (Å²) in [4.78, 5) is 0. The first kappa shape index (κ1) is 13.7. The summed E-state index contributed by atoms with van der Waals surface area (Å²) < 4.78 is 0. The third-order valence-electron chi connectivity index (χ3n) is 2.53. The van der Waals surface area contributed by atoms with Gasteiger partial charge in [-0.2, -0.15) is 0 Å². The summed E-state index contributed by atoms with van der Waals surface area (Å²) >= 11 is 3.51. The van der Waals surface area contributed by atoms with Crippen molar-refractivity contribution in [1.29, 1.82) is 0 Å². The highest BCUT2D eigenvalue weighted by Crippen LogP contribution is 2.25. The van der Waals surface area contributed by atoms with E-state index < -0.39 is 0 Å². The van der Waals surface area contributed by atoms with Crippen molar-refractivity contribution in [2.75, 3.05) is 5.33 Å².